The molecule has 4 heterocycles. The van der Waals surface area contributed by atoms with Crippen molar-refractivity contribution < 1.29 is 15.1 Å². The molecule has 1 fully saturated rings. The van der Waals surface area contributed by atoms with Gasteiger partial charge in [0.2, 0.25) is 11.7 Å². The maximum Gasteiger partial charge on any atom is 0.355 e. The van der Waals surface area contributed by atoms with Crippen LogP contribution in [0.2, 0.25) is 0 Å². The predicted octanol–water partition coefficient (Wildman–Crippen LogP) is 1.82. The summed E-state index contributed by atoms with van der Waals surface area (Å²) in [6, 6.07) is 0.305. The Balaban J connectivity index is 1.59. The Morgan fingerprint density at radius 1 is 1.54 bits per heavy atom. The SMILES string of the molecule is C=CC(=O)N1C[C@H](Nc2[nH+]c(Nc3cnsc3)nc3c2C(Cl)=C[NH2+]3)CC[C@@H]1C. The number of hydrogen-bond acceptors (Lipinski definition) is 6. The summed E-state index contributed by atoms with van der Waals surface area (Å²) in [7, 11) is 0. The van der Waals surface area contributed by atoms with Crippen molar-refractivity contribution in [3.8, 4) is 0 Å². The summed E-state index contributed by atoms with van der Waals surface area (Å²) in [6.45, 7) is 6.30. The number of aromatic nitrogens is 3. The molecule has 2 aliphatic heterocycles. The van der Waals surface area contributed by atoms with Crippen LogP contribution in [0.15, 0.2) is 30.4 Å². The Kier molecular flexibility index (Phi) is 5.29. The third kappa shape index (κ3) is 3.73. The lowest BCUT2D eigenvalue weighted by Gasteiger charge is -2.37. The number of likely N-dealkylation sites (tertiary alicyclic amines) is 1. The average molecular weight is 420 g/mol. The summed E-state index contributed by atoms with van der Waals surface area (Å²) >= 11 is 7.78. The van der Waals surface area contributed by atoms with E-state index in [4.69, 9.17) is 11.6 Å². The van der Waals surface area contributed by atoms with Gasteiger partial charge < -0.3 is 10.2 Å². The number of piperidine rings is 1. The molecule has 0 aromatic carbocycles. The number of quaternary nitrogens is 1. The predicted molar refractivity (Wildman–Crippen MR) is 110 cm³/mol. The Labute approximate surface area is 171 Å². The van der Waals surface area contributed by atoms with Gasteiger partial charge in [-0.3, -0.25) is 15.4 Å². The molecule has 2 atom stereocenters. The number of H-pyrrole nitrogens is 1. The molecule has 146 valence electrons. The molecule has 8 nitrogen and oxygen atoms in total. The van der Waals surface area contributed by atoms with Crippen molar-refractivity contribution in [1.82, 2.24) is 14.3 Å². The number of nitrogens with one attached hydrogen (secondary N) is 3. The summed E-state index contributed by atoms with van der Waals surface area (Å²) < 4.78 is 4.10. The van der Waals surface area contributed by atoms with Gasteiger partial charge in [0, 0.05) is 11.4 Å². The second-order valence-electron chi connectivity index (χ2n) is 6.90. The Hall–Kier alpha value is -2.49. The van der Waals surface area contributed by atoms with Gasteiger partial charge in [-0.15, -0.1) is 0 Å². The summed E-state index contributed by atoms with van der Waals surface area (Å²) in [4.78, 5) is 21.9. The van der Waals surface area contributed by atoms with Gasteiger partial charge in [0.15, 0.2) is 5.56 Å². The average Bonchev–Trinajstić information content (AvgIpc) is 3.32. The molecule has 0 radical (unpaired) electrons. The molecule has 0 aliphatic carbocycles. The number of amides is 1. The highest BCUT2D eigenvalue weighted by Crippen LogP contribution is 2.32. The fraction of sp³-hybridized carbons (Fsp3) is 0.333. The minimum Gasteiger partial charge on any atom is -0.333 e. The lowest BCUT2D eigenvalue weighted by molar-refractivity contribution is -0.497. The summed E-state index contributed by atoms with van der Waals surface area (Å²) in [6.07, 6.45) is 6.84. The van der Waals surface area contributed by atoms with Crippen LogP contribution in [0.1, 0.15) is 25.3 Å². The third-order valence-corrected chi connectivity index (χ3v) is 5.89. The van der Waals surface area contributed by atoms with Crippen LogP contribution in [0, 0.1) is 0 Å². The van der Waals surface area contributed by atoms with Gasteiger partial charge in [0.05, 0.1) is 18.8 Å². The number of carbonyl (C=O) groups is 1. The molecule has 2 aromatic rings. The first-order chi connectivity index (χ1) is 13.5. The van der Waals surface area contributed by atoms with Crippen molar-refractivity contribution in [2.45, 2.75) is 31.8 Å². The molecule has 5 N–H and O–H groups in total. The zero-order chi connectivity index (χ0) is 19.7. The summed E-state index contributed by atoms with van der Waals surface area (Å²) in [5.41, 5.74) is 1.71. The number of rotatable bonds is 5. The largest absolute Gasteiger partial charge is 0.355 e. The molecule has 0 bridgehead atoms. The normalized spacial score (nSPS) is 21.1. The van der Waals surface area contributed by atoms with Gasteiger partial charge in [0.1, 0.15) is 16.9 Å². The zero-order valence-electron chi connectivity index (χ0n) is 15.4. The highest BCUT2D eigenvalue weighted by molar-refractivity contribution is 7.04. The first kappa shape index (κ1) is 18.9. The van der Waals surface area contributed by atoms with Crippen LogP contribution in [0.25, 0.3) is 5.03 Å². The minimum atomic E-state index is -0.0403. The number of halogens is 1. The van der Waals surface area contributed by atoms with E-state index in [0.717, 1.165) is 35.7 Å². The van der Waals surface area contributed by atoms with Crippen LogP contribution >= 0.6 is 23.1 Å². The van der Waals surface area contributed by atoms with E-state index in [2.05, 4.69) is 38.5 Å². The number of nitrogens with two attached hydrogens (primary N) is 1. The van der Waals surface area contributed by atoms with E-state index in [0.29, 0.717) is 17.5 Å². The van der Waals surface area contributed by atoms with Crippen LogP contribution in [0.4, 0.5) is 23.3 Å². The molecule has 0 saturated carbocycles. The molecule has 28 heavy (non-hydrogen) atoms. The van der Waals surface area contributed by atoms with Crippen molar-refractivity contribution in [2.75, 3.05) is 17.2 Å². The summed E-state index contributed by atoms with van der Waals surface area (Å²) in [5.74, 6) is 2.14. The third-order valence-electron chi connectivity index (χ3n) is 4.99. The minimum absolute atomic E-state index is 0.0403. The molecular formula is C18H22ClN7OS+2. The zero-order valence-corrected chi connectivity index (χ0v) is 17.0. The van der Waals surface area contributed by atoms with E-state index in [9.17, 15) is 4.79 Å². The van der Waals surface area contributed by atoms with Crippen LogP contribution in [0.5, 0.6) is 0 Å². The number of fused-ring (bicyclic) bond motifs is 1. The lowest BCUT2D eigenvalue weighted by atomic mass is 9.99. The van der Waals surface area contributed by atoms with Crippen LogP contribution in [-0.4, -0.2) is 38.8 Å². The number of carbonyl (C=O) groups excluding carboxylic acids is 1. The number of nitrogens with zero attached hydrogens (tertiary/aromatic N) is 3. The Morgan fingerprint density at radius 2 is 2.39 bits per heavy atom. The first-order valence-electron chi connectivity index (χ1n) is 9.09. The molecule has 1 saturated heterocycles. The van der Waals surface area contributed by atoms with E-state index in [1.54, 1.807) is 6.20 Å². The smallest absolute Gasteiger partial charge is 0.333 e. The molecular weight excluding hydrogens is 398 g/mol. The fourth-order valence-electron chi connectivity index (χ4n) is 3.54. The standard InChI is InChI=1S/C18H20ClN7OS/c1-3-14(27)26-8-11(5-4-10(26)2)22-17-15-13(19)7-20-16(15)24-18(25-17)23-12-6-21-28-9-12/h3,6-7,9-11H,1,4-5,8H2,2H3,(H3,20,22,23,24,25)/p+2/t10-,11+/m0/s1. The number of anilines is 3. The van der Waals surface area contributed by atoms with Crippen molar-refractivity contribution in [3.63, 3.8) is 0 Å². The second kappa shape index (κ2) is 7.86. The molecule has 1 amide bonds. The highest BCUT2D eigenvalue weighted by atomic mass is 35.5. The van der Waals surface area contributed by atoms with Gasteiger partial charge in [-0.2, -0.15) is 4.37 Å². The Morgan fingerprint density at radius 3 is 3.14 bits per heavy atom. The number of hydrogen-bond donors (Lipinski definition) is 3. The van der Waals surface area contributed by atoms with Crippen molar-refractivity contribution in [2.24, 2.45) is 0 Å². The monoisotopic (exact) mass is 419 g/mol. The molecule has 0 unspecified atom stereocenters. The van der Waals surface area contributed by atoms with E-state index in [-0.39, 0.29) is 18.0 Å². The van der Waals surface area contributed by atoms with Crippen LogP contribution in [-0.2, 0) is 4.79 Å². The van der Waals surface area contributed by atoms with Gasteiger partial charge in [-0.05, 0) is 37.4 Å². The molecule has 4 rings (SSSR count). The lowest BCUT2D eigenvalue weighted by Crippen LogP contribution is -2.70. The van der Waals surface area contributed by atoms with Crippen LogP contribution in [0.3, 0.4) is 0 Å². The maximum absolute atomic E-state index is 12.2. The quantitative estimate of drug-likeness (QED) is 0.642. The molecule has 10 heteroatoms. The van der Waals surface area contributed by atoms with Crippen molar-refractivity contribution >= 4 is 57.3 Å². The van der Waals surface area contributed by atoms with Gasteiger partial charge in [0.25, 0.3) is 0 Å². The first-order valence-corrected chi connectivity index (χ1v) is 10.3. The van der Waals surface area contributed by atoms with E-state index in [1.807, 2.05) is 21.8 Å². The molecule has 2 aliphatic rings. The van der Waals surface area contributed by atoms with Gasteiger partial charge >= 0.3 is 11.8 Å². The van der Waals surface area contributed by atoms with Gasteiger partial charge in [-0.25, -0.2) is 4.98 Å². The van der Waals surface area contributed by atoms with Crippen LogP contribution < -0.4 is 20.9 Å². The molecule has 0 spiro atoms. The van der Waals surface area contributed by atoms with Crippen molar-refractivity contribution in [1.29, 1.82) is 0 Å². The van der Waals surface area contributed by atoms with E-state index < -0.39 is 0 Å². The van der Waals surface area contributed by atoms with Crippen molar-refractivity contribution in [3.05, 3.63) is 36.0 Å². The second-order valence-corrected chi connectivity index (χ2v) is 7.97. The van der Waals surface area contributed by atoms with E-state index >= 15 is 0 Å². The van der Waals surface area contributed by atoms with Gasteiger partial charge in [-0.1, -0.05) is 23.2 Å². The maximum atomic E-state index is 12.2. The summed E-state index contributed by atoms with van der Waals surface area (Å²) in [5, 5.41) is 11.2. The topological polar surface area (TPSA) is 101 Å². The molecule has 2 aromatic heterocycles. The Bertz CT molecular complexity index is 930. The highest BCUT2D eigenvalue weighted by Gasteiger charge is 2.34. The fourth-order valence-corrected chi connectivity index (χ4v) is 4.26. The van der Waals surface area contributed by atoms with E-state index in [1.165, 1.54) is 17.6 Å². The number of aromatic amines is 1.